The van der Waals surface area contributed by atoms with Crippen molar-refractivity contribution < 1.29 is 13.2 Å². The molecule has 0 aromatic heterocycles. The number of sulfone groups is 1. The summed E-state index contributed by atoms with van der Waals surface area (Å²) in [4.78, 5) is 14.5. The van der Waals surface area contributed by atoms with Gasteiger partial charge in [-0.1, -0.05) is 25.0 Å². The minimum Gasteiger partial charge on any atom is -0.372 e. The Balaban J connectivity index is 1.59. The van der Waals surface area contributed by atoms with Crippen LogP contribution in [0, 0.1) is 5.92 Å². The van der Waals surface area contributed by atoms with Crippen LogP contribution in [0.5, 0.6) is 0 Å². The normalized spacial score (nSPS) is 23.5. The fraction of sp³-hybridized carbons (Fsp3) is 0.579. The number of carbonyl (C=O) groups excluding carboxylic acids is 1. The van der Waals surface area contributed by atoms with Crippen molar-refractivity contribution in [2.45, 2.75) is 39.0 Å². The maximum atomic E-state index is 12.1. The van der Waals surface area contributed by atoms with Crippen LogP contribution in [0.25, 0.3) is 0 Å². The molecule has 2 saturated heterocycles. The van der Waals surface area contributed by atoms with E-state index in [4.69, 9.17) is 0 Å². The van der Waals surface area contributed by atoms with Crippen LogP contribution in [-0.2, 0) is 14.6 Å². The van der Waals surface area contributed by atoms with Crippen molar-refractivity contribution in [1.29, 1.82) is 0 Å². The number of hydrazone groups is 1. The van der Waals surface area contributed by atoms with Crippen LogP contribution >= 0.6 is 0 Å². The Kier molecular flexibility index (Phi) is 5.96. The SMILES string of the molecule is C/C(=N\NC(=O)C1CCS(=O)(=O)C1)c1ccc(N2CCCCCC2)cc1. The van der Waals surface area contributed by atoms with Crippen molar-refractivity contribution in [3.8, 4) is 0 Å². The van der Waals surface area contributed by atoms with Crippen molar-refractivity contribution in [1.82, 2.24) is 5.43 Å². The Morgan fingerprint density at radius 3 is 2.35 bits per heavy atom. The van der Waals surface area contributed by atoms with Gasteiger partial charge in [-0.05, 0) is 43.9 Å². The van der Waals surface area contributed by atoms with Gasteiger partial charge < -0.3 is 4.90 Å². The number of hydrogen-bond donors (Lipinski definition) is 1. The Labute approximate surface area is 155 Å². The molecule has 142 valence electrons. The first-order chi connectivity index (χ1) is 12.4. The zero-order valence-electron chi connectivity index (χ0n) is 15.3. The Hall–Kier alpha value is -1.89. The van der Waals surface area contributed by atoms with E-state index in [1.165, 1.54) is 31.4 Å². The number of rotatable bonds is 4. The summed E-state index contributed by atoms with van der Waals surface area (Å²) in [5.41, 5.74) is 5.40. The molecule has 2 aliphatic rings. The highest BCUT2D eigenvalue weighted by atomic mass is 32.2. The van der Waals surface area contributed by atoms with Gasteiger partial charge in [0.15, 0.2) is 9.84 Å². The summed E-state index contributed by atoms with van der Waals surface area (Å²) in [6, 6.07) is 8.24. The molecule has 0 saturated carbocycles. The second kappa shape index (κ2) is 8.20. The third-order valence-electron chi connectivity index (χ3n) is 5.19. The maximum Gasteiger partial charge on any atom is 0.244 e. The number of anilines is 1. The smallest absolute Gasteiger partial charge is 0.244 e. The summed E-state index contributed by atoms with van der Waals surface area (Å²) in [7, 11) is -3.06. The van der Waals surface area contributed by atoms with Crippen molar-refractivity contribution >= 4 is 27.1 Å². The molecule has 0 bridgehead atoms. The predicted octanol–water partition coefficient (Wildman–Crippen LogP) is 2.34. The lowest BCUT2D eigenvalue weighted by atomic mass is 10.1. The predicted molar refractivity (Wildman–Crippen MR) is 104 cm³/mol. The van der Waals surface area contributed by atoms with Gasteiger partial charge in [0.1, 0.15) is 0 Å². The number of amides is 1. The van der Waals surface area contributed by atoms with Crippen LogP contribution in [0.3, 0.4) is 0 Å². The lowest BCUT2D eigenvalue weighted by Gasteiger charge is -2.22. The van der Waals surface area contributed by atoms with Gasteiger partial charge in [-0.25, -0.2) is 13.8 Å². The number of nitrogens with zero attached hydrogens (tertiary/aromatic N) is 2. The molecule has 7 heteroatoms. The van der Waals surface area contributed by atoms with Crippen molar-refractivity contribution in [2.24, 2.45) is 11.0 Å². The molecule has 3 rings (SSSR count). The van der Waals surface area contributed by atoms with Crippen LogP contribution in [-0.4, -0.2) is 44.6 Å². The molecule has 2 fully saturated rings. The highest BCUT2D eigenvalue weighted by Gasteiger charge is 2.32. The van der Waals surface area contributed by atoms with Crippen LogP contribution < -0.4 is 10.3 Å². The van der Waals surface area contributed by atoms with E-state index >= 15 is 0 Å². The first-order valence-electron chi connectivity index (χ1n) is 9.34. The minimum atomic E-state index is -3.06. The average Bonchev–Trinajstić information content (AvgIpc) is 2.84. The Morgan fingerprint density at radius 2 is 1.77 bits per heavy atom. The first kappa shape index (κ1) is 18.9. The van der Waals surface area contributed by atoms with Gasteiger partial charge in [-0.2, -0.15) is 5.10 Å². The van der Waals surface area contributed by atoms with Crippen molar-refractivity contribution in [3.05, 3.63) is 29.8 Å². The third kappa shape index (κ3) is 4.84. The van der Waals surface area contributed by atoms with E-state index in [9.17, 15) is 13.2 Å². The highest BCUT2D eigenvalue weighted by molar-refractivity contribution is 7.91. The first-order valence-corrected chi connectivity index (χ1v) is 11.2. The molecule has 1 unspecified atom stereocenters. The van der Waals surface area contributed by atoms with Crippen molar-refractivity contribution in [2.75, 3.05) is 29.5 Å². The molecule has 2 aliphatic heterocycles. The molecular formula is C19H27N3O3S. The minimum absolute atomic E-state index is 0.0715. The summed E-state index contributed by atoms with van der Waals surface area (Å²) in [6.07, 6.45) is 5.48. The van der Waals surface area contributed by atoms with E-state index in [-0.39, 0.29) is 17.4 Å². The van der Waals surface area contributed by atoms with Crippen LogP contribution in [0.1, 0.15) is 44.6 Å². The molecule has 0 radical (unpaired) electrons. The van der Waals surface area contributed by atoms with Gasteiger partial charge in [0.05, 0.1) is 23.1 Å². The summed E-state index contributed by atoms with van der Waals surface area (Å²) >= 11 is 0. The maximum absolute atomic E-state index is 12.1. The van der Waals surface area contributed by atoms with Crippen LogP contribution in [0.15, 0.2) is 29.4 Å². The molecular weight excluding hydrogens is 350 g/mol. The molecule has 6 nitrogen and oxygen atoms in total. The zero-order chi connectivity index (χ0) is 18.6. The largest absolute Gasteiger partial charge is 0.372 e. The van der Waals surface area contributed by atoms with Crippen molar-refractivity contribution in [3.63, 3.8) is 0 Å². The van der Waals surface area contributed by atoms with E-state index in [1.807, 2.05) is 19.1 Å². The molecule has 1 N–H and O–H groups in total. The van der Waals surface area contributed by atoms with E-state index in [1.54, 1.807) is 0 Å². The van der Waals surface area contributed by atoms with Crippen LogP contribution in [0.2, 0.25) is 0 Å². The lowest BCUT2D eigenvalue weighted by Crippen LogP contribution is -2.28. The van der Waals surface area contributed by atoms with Gasteiger partial charge in [0.2, 0.25) is 5.91 Å². The van der Waals surface area contributed by atoms with Gasteiger partial charge >= 0.3 is 0 Å². The monoisotopic (exact) mass is 377 g/mol. The molecule has 1 amide bonds. The van der Waals surface area contributed by atoms with E-state index in [0.29, 0.717) is 12.1 Å². The second-order valence-corrected chi connectivity index (χ2v) is 9.45. The quantitative estimate of drug-likeness (QED) is 0.645. The highest BCUT2D eigenvalue weighted by Crippen LogP contribution is 2.21. The standard InChI is InChI=1S/C19H27N3O3S/c1-15(20-21-19(23)17-10-13-26(24,25)14-17)16-6-8-18(9-7-16)22-11-4-2-3-5-12-22/h6-9,17H,2-5,10-14H2,1H3,(H,21,23)/b20-15+. The molecule has 1 atom stereocenters. The van der Waals surface area contributed by atoms with E-state index < -0.39 is 15.8 Å². The number of nitrogens with one attached hydrogen (secondary N) is 1. The van der Waals surface area contributed by atoms with Gasteiger partial charge in [0.25, 0.3) is 0 Å². The Morgan fingerprint density at radius 1 is 1.12 bits per heavy atom. The number of benzene rings is 1. The lowest BCUT2D eigenvalue weighted by molar-refractivity contribution is -0.124. The summed E-state index contributed by atoms with van der Waals surface area (Å²) in [6.45, 7) is 4.05. The topological polar surface area (TPSA) is 78.8 Å². The molecule has 1 aromatic rings. The van der Waals surface area contributed by atoms with Gasteiger partial charge in [-0.15, -0.1) is 0 Å². The second-order valence-electron chi connectivity index (χ2n) is 7.22. The summed E-state index contributed by atoms with van der Waals surface area (Å²) in [5, 5.41) is 4.15. The van der Waals surface area contributed by atoms with E-state index in [2.05, 4.69) is 27.6 Å². The number of carbonyl (C=O) groups is 1. The average molecular weight is 378 g/mol. The summed E-state index contributed by atoms with van der Waals surface area (Å²) in [5.74, 6) is -0.780. The van der Waals surface area contributed by atoms with E-state index in [0.717, 1.165) is 18.7 Å². The van der Waals surface area contributed by atoms with Gasteiger partial charge in [-0.3, -0.25) is 4.79 Å². The zero-order valence-corrected chi connectivity index (χ0v) is 16.1. The summed E-state index contributed by atoms with van der Waals surface area (Å²) < 4.78 is 22.9. The van der Waals surface area contributed by atoms with Crippen LogP contribution in [0.4, 0.5) is 5.69 Å². The molecule has 26 heavy (non-hydrogen) atoms. The number of hydrogen-bond acceptors (Lipinski definition) is 5. The van der Waals surface area contributed by atoms with Gasteiger partial charge in [0, 0.05) is 18.8 Å². The molecule has 2 heterocycles. The molecule has 0 aliphatic carbocycles. The molecule has 1 aromatic carbocycles. The Bertz CT molecular complexity index is 764. The third-order valence-corrected chi connectivity index (χ3v) is 6.96. The fourth-order valence-corrected chi connectivity index (χ4v) is 5.28. The fourth-order valence-electron chi connectivity index (χ4n) is 3.54. The molecule has 0 spiro atoms.